The van der Waals surface area contributed by atoms with Crippen LogP contribution in [0.5, 0.6) is 5.75 Å². The number of non-ortho nitro benzene ring substituents is 1. The predicted octanol–water partition coefficient (Wildman–Crippen LogP) is 2.76. The van der Waals surface area contributed by atoms with Crippen LogP contribution in [0.25, 0.3) is 0 Å². The summed E-state index contributed by atoms with van der Waals surface area (Å²) in [6.07, 6.45) is 0. The minimum absolute atomic E-state index is 0.237. The summed E-state index contributed by atoms with van der Waals surface area (Å²) in [5.41, 5.74) is 1.20. The maximum absolute atomic E-state index is 14.1. The zero-order valence-corrected chi connectivity index (χ0v) is 13.1. The fraction of sp³-hybridized carbons (Fsp3) is 0.294. The molecule has 1 heterocycles. The molecule has 1 aliphatic heterocycles. The van der Waals surface area contributed by atoms with E-state index >= 15 is 0 Å². The molecule has 1 N–H and O–H groups in total. The van der Waals surface area contributed by atoms with Gasteiger partial charge in [-0.3, -0.25) is 15.0 Å². The number of aromatic hydroxyl groups is 1. The molecule has 24 heavy (non-hydrogen) atoms. The van der Waals surface area contributed by atoms with Crippen molar-refractivity contribution in [3.63, 3.8) is 0 Å². The Bertz CT molecular complexity index is 746. The third kappa shape index (κ3) is 3.62. The average molecular weight is 331 g/mol. The smallest absolute Gasteiger partial charge is 0.272 e. The highest BCUT2D eigenvalue weighted by molar-refractivity contribution is 5.52. The van der Waals surface area contributed by atoms with Crippen molar-refractivity contribution >= 4 is 11.4 Å². The zero-order valence-electron chi connectivity index (χ0n) is 13.1. The second-order valence-corrected chi connectivity index (χ2v) is 5.83. The van der Waals surface area contributed by atoms with Gasteiger partial charge in [0.15, 0.2) is 5.82 Å². The second-order valence-electron chi connectivity index (χ2n) is 5.83. The Kier molecular flexibility index (Phi) is 4.61. The van der Waals surface area contributed by atoms with Crippen molar-refractivity contribution in [3.8, 4) is 5.75 Å². The van der Waals surface area contributed by atoms with Crippen molar-refractivity contribution in [1.82, 2.24) is 4.90 Å². The standard InChI is InChI=1S/C17H18FN3O3/c18-16-11-14(21(23)24)4-5-17(16)20-8-6-19(7-9-20)12-13-2-1-3-15(22)10-13/h1-5,10-11,22H,6-9,12H2. The minimum Gasteiger partial charge on any atom is -0.508 e. The lowest BCUT2D eigenvalue weighted by Gasteiger charge is -2.36. The summed E-state index contributed by atoms with van der Waals surface area (Å²) in [7, 11) is 0. The van der Waals surface area contributed by atoms with Crippen LogP contribution in [0.4, 0.5) is 15.8 Å². The first-order valence-electron chi connectivity index (χ1n) is 7.72. The first-order chi connectivity index (χ1) is 11.5. The van der Waals surface area contributed by atoms with Gasteiger partial charge < -0.3 is 10.0 Å². The number of nitro benzene ring substituents is 1. The third-order valence-corrected chi connectivity index (χ3v) is 4.17. The first-order valence-corrected chi connectivity index (χ1v) is 7.72. The van der Waals surface area contributed by atoms with Crippen molar-refractivity contribution in [3.05, 3.63) is 64.0 Å². The number of nitro groups is 1. The molecule has 0 saturated carbocycles. The molecule has 2 aromatic rings. The summed E-state index contributed by atoms with van der Waals surface area (Å²) in [5, 5.41) is 20.2. The second kappa shape index (κ2) is 6.84. The largest absolute Gasteiger partial charge is 0.508 e. The minimum atomic E-state index is -0.597. The lowest BCUT2D eigenvalue weighted by Crippen LogP contribution is -2.46. The van der Waals surface area contributed by atoms with E-state index in [2.05, 4.69) is 4.90 Å². The molecule has 0 aromatic heterocycles. The van der Waals surface area contributed by atoms with Crippen molar-refractivity contribution in [2.24, 2.45) is 0 Å². The van der Waals surface area contributed by atoms with E-state index in [1.165, 1.54) is 12.1 Å². The van der Waals surface area contributed by atoms with Crippen LogP contribution in [0.3, 0.4) is 0 Å². The summed E-state index contributed by atoms with van der Waals surface area (Å²) in [6, 6.07) is 10.9. The maximum atomic E-state index is 14.1. The van der Waals surface area contributed by atoms with Crippen LogP contribution in [0.2, 0.25) is 0 Å². The lowest BCUT2D eigenvalue weighted by molar-refractivity contribution is -0.385. The molecule has 0 atom stereocenters. The molecule has 0 aliphatic carbocycles. The Morgan fingerprint density at radius 1 is 1.12 bits per heavy atom. The number of nitrogens with zero attached hydrogens (tertiary/aromatic N) is 3. The number of phenolic OH excluding ortho intramolecular Hbond substituents is 1. The molecule has 0 spiro atoms. The molecular weight excluding hydrogens is 313 g/mol. The Hall–Kier alpha value is -2.67. The highest BCUT2D eigenvalue weighted by atomic mass is 19.1. The third-order valence-electron chi connectivity index (χ3n) is 4.17. The Morgan fingerprint density at radius 2 is 1.88 bits per heavy atom. The van der Waals surface area contributed by atoms with E-state index in [9.17, 15) is 19.6 Å². The van der Waals surface area contributed by atoms with Gasteiger partial charge in [-0.05, 0) is 23.8 Å². The number of rotatable bonds is 4. The van der Waals surface area contributed by atoms with E-state index in [1.807, 2.05) is 17.0 Å². The van der Waals surface area contributed by atoms with Crippen molar-refractivity contribution < 1.29 is 14.4 Å². The lowest BCUT2D eigenvalue weighted by atomic mass is 10.1. The molecule has 2 aromatic carbocycles. The van der Waals surface area contributed by atoms with Gasteiger partial charge in [0, 0.05) is 38.8 Å². The Balaban J connectivity index is 1.62. The molecule has 0 radical (unpaired) electrons. The van der Waals surface area contributed by atoms with E-state index in [1.54, 1.807) is 12.1 Å². The van der Waals surface area contributed by atoms with Gasteiger partial charge in [0.2, 0.25) is 0 Å². The van der Waals surface area contributed by atoms with Crippen LogP contribution < -0.4 is 4.90 Å². The quantitative estimate of drug-likeness (QED) is 0.689. The van der Waals surface area contributed by atoms with Crippen molar-refractivity contribution in [2.75, 3.05) is 31.1 Å². The van der Waals surface area contributed by atoms with Crippen LogP contribution in [0, 0.1) is 15.9 Å². The zero-order chi connectivity index (χ0) is 17.1. The number of piperazine rings is 1. The van der Waals surface area contributed by atoms with Gasteiger partial charge in [-0.2, -0.15) is 0 Å². The highest BCUT2D eigenvalue weighted by Crippen LogP contribution is 2.25. The molecule has 1 saturated heterocycles. The molecule has 6 nitrogen and oxygen atoms in total. The number of hydrogen-bond donors (Lipinski definition) is 1. The summed E-state index contributed by atoms with van der Waals surface area (Å²) < 4.78 is 14.1. The monoisotopic (exact) mass is 331 g/mol. The first kappa shape index (κ1) is 16.2. The number of hydrogen-bond acceptors (Lipinski definition) is 5. The highest BCUT2D eigenvalue weighted by Gasteiger charge is 2.21. The molecule has 0 bridgehead atoms. The molecule has 1 fully saturated rings. The van der Waals surface area contributed by atoms with E-state index in [0.29, 0.717) is 18.8 Å². The SMILES string of the molecule is O=[N+]([O-])c1ccc(N2CCN(Cc3cccc(O)c3)CC2)c(F)c1. The predicted molar refractivity (Wildman–Crippen MR) is 88.7 cm³/mol. The number of halogens is 1. The molecular formula is C17H18FN3O3. The van der Waals surface area contributed by atoms with E-state index in [0.717, 1.165) is 31.3 Å². The average Bonchev–Trinajstić information content (AvgIpc) is 2.55. The van der Waals surface area contributed by atoms with Crippen molar-refractivity contribution in [1.29, 1.82) is 0 Å². The number of anilines is 1. The van der Waals surface area contributed by atoms with E-state index < -0.39 is 10.7 Å². The summed E-state index contributed by atoms with van der Waals surface area (Å²) >= 11 is 0. The van der Waals surface area contributed by atoms with Crippen LogP contribution in [0.1, 0.15) is 5.56 Å². The van der Waals surface area contributed by atoms with Gasteiger partial charge in [0.25, 0.3) is 5.69 Å². The number of benzene rings is 2. The summed E-state index contributed by atoms with van der Waals surface area (Å²) in [6.45, 7) is 3.53. The molecule has 1 aliphatic rings. The number of phenols is 1. The molecule has 126 valence electrons. The van der Waals surface area contributed by atoms with Gasteiger partial charge in [0.05, 0.1) is 16.7 Å². The summed E-state index contributed by atoms with van der Waals surface area (Å²) in [4.78, 5) is 14.2. The molecule has 7 heteroatoms. The Morgan fingerprint density at radius 3 is 2.50 bits per heavy atom. The van der Waals surface area contributed by atoms with Gasteiger partial charge in [-0.1, -0.05) is 12.1 Å². The molecule has 0 amide bonds. The fourth-order valence-electron chi connectivity index (χ4n) is 2.93. The Labute approximate surface area is 138 Å². The summed E-state index contributed by atoms with van der Waals surface area (Å²) in [5.74, 6) is -0.315. The van der Waals surface area contributed by atoms with Crippen LogP contribution in [0.15, 0.2) is 42.5 Å². The van der Waals surface area contributed by atoms with Crippen LogP contribution in [-0.2, 0) is 6.54 Å². The van der Waals surface area contributed by atoms with Gasteiger partial charge in [-0.25, -0.2) is 4.39 Å². The fourth-order valence-corrected chi connectivity index (χ4v) is 2.93. The van der Waals surface area contributed by atoms with Gasteiger partial charge in [-0.15, -0.1) is 0 Å². The van der Waals surface area contributed by atoms with E-state index in [4.69, 9.17) is 0 Å². The van der Waals surface area contributed by atoms with Gasteiger partial charge in [0.1, 0.15) is 5.75 Å². The van der Waals surface area contributed by atoms with Gasteiger partial charge >= 0.3 is 0 Å². The molecule has 0 unspecified atom stereocenters. The van der Waals surface area contributed by atoms with Crippen LogP contribution in [-0.4, -0.2) is 41.1 Å². The molecule has 3 rings (SSSR count). The van der Waals surface area contributed by atoms with Crippen molar-refractivity contribution in [2.45, 2.75) is 6.54 Å². The van der Waals surface area contributed by atoms with Crippen LogP contribution >= 0.6 is 0 Å². The maximum Gasteiger partial charge on any atom is 0.272 e. The van der Waals surface area contributed by atoms with E-state index in [-0.39, 0.29) is 11.4 Å². The topological polar surface area (TPSA) is 69.9 Å². The normalized spacial score (nSPS) is 15.5.